The maximum Gasteiger partial charge on any atom is 0.197 e. The van der Waals surface area contributed by atoms with E-state index in [1.165, 1.54) is 4.88 Å². The average molecular weight is 226 g/mol. The number of nitrogens with two attached hydrogens (primary N) is 1. The first-order chi connectivity index (χ1) is 6.65. The molecule has 1 aliphatic rings. The van der Waals surface area contributed by atoms with Crippen LogP contribution in [0.25, 0.3) is 0 Å². The van der Waals surface area contributed by atoms with Crippen LogP contribution in [0.15, 0.2) is 17.1 Å². The average Bonchev–Trinajstić information content (AvgIpc) is 2.50. The molecule has 0 bridgehead atoms. The summed E-state index contributed by atoms with van der Waals surface area (Å²) in [5.41, 5.74) is 5.58. The molecule has 2 rings (SSSR count). The van der Waals surface area contributed by atoms with Crippen molar-refractivity contribution in [3.05, 3.63) is 21.9 Å². The minimum Gasteiger partial charge on any atom is -0.370 e. The van der Waals surface area contributed by atoms with Gasteiger partial charge in [-0.2, -0.15) is 0 Å². The fraction of sp³-hybridized carbons (Fsp3) is 0.250. The van der Waals surface area contributed by atoms with Crippen LogP contribution in [0.2, 0.25) is 0 Å². The molecule has 0 spiro atoms. The van der Waals surface area contributed by atoms with Crippen LogP contribution < -0.4 is 16.4 Å². The third-order valence-corrected chi connectivity index (χ3v) is 3.08. The number of nitrogens with zero attached hydrogens (tertiary/aromatic N) is 1. The Hall–Kier alpha value is -1.14. The first-order valence-electron chi connectivity index (χ1n) is 4.12. The Bertz CT molecular complexity index is 396. The summed E-state index contributed by atoms with van der Waals surface area (Å²) in [6.45, 7) is 2.06. The van der Waals surface area contributed by atoms with Crippen molar-refractivity contribution in [2.24, 2.45) is 10.7 Å². The Balaban J connectivity index is 2.27. The molecule has 1 aromatic rings. The summed E-state index contributed by atoms with van der Waals surface area (Å²) in [7, 11) is 0. The SMILES string of the molecule is Cc1ccc(C2N=C(N)NC(=S)N2)s1. The Morgan fingerprint density at radius 3 is 2.93 bits per heavy atom. The fourth-order valence-electron chi connectivity index (χ4n) is 1.22. The van der Waals surface area contributed by atoms with Crippen molar-refractivity contribution in [3.8, 4) is 0 Å². The summed E-state index contributed by atoms with van der Waals surface area (Å²) in [4.78, 5) is 6.58. The van der Waals surface area contributed by atoms with E-state index in [0.29, 0.717) is 11.1 Å². The molecule has 2 heterocycles. The van der Waals surface area contributed by atoms with Crippen molar-refractivity contribution in [1.82, 2.24) is 10.6 Å². The van der Waals surface area contributed by atoms with E-state index in [-0.39, 0.29) is 6.17 Å². The zero-order valence-electron chi connectivity index (χ0n) is 7.57. The first-order valence-corrected chi connectivity index (χ1v) is 5.35. The van der Waals surface area contributed by atoms with Crippen molar-refractivity contribution in [2.75, 3.05) is 0 Å². The minimum atomic E-state index is -0.137. The molecule has 0 amide bonds. The second kappa shape index (κ2) is 3.55. The van der Waals surface area contributed by atoms with Gasteiger partial charge in [0.25, 0.3) is 0 Å². The lowest BCUT2D eigenvalue weighted by atomic mass is 10.3. The van der Waals surface area contributed by atoms with Gasteiger partial charge in [0.15, 0.2) is 17.2 Å². The quantitative estimate of drug-likeness (QED) is 0.621. The van der Waals surface area contributed by atoms with Gasteiger partial charge in [0.2, 0.25) is 0 Å². The molecule has 0 saturated heterocycles. The number of guanidine groups is 1. The molecule has 6 heteroatoms. The van der Waals surface area contributed by atoms with Gasteiger partial charge in [-0.25, -0.2) is 4.99 Å². The predicted molar refractivity (Wildman–Crippen MR) is 62.3 cm³/mol. The van der Waals surface area contributed by atoms with E-state index >= 15 is 0 Å². The highest BCUT2D eigenvalue weighted by Crippen LogP contribution is 2.24. The molecule has 74 valence electrons. The Labute approximate surface area is 91.2 Å². The van der Waals surface area contributed by atoms with E-state index in [1.807, 2.05) is 6.07 Å². The summed E-state index contributed by atoms with van der Waals surface area (Å²) in [5.74, 6) is 0.366. The van der Waals surface area contributed by atoms with Crippen LogP contribution in [0.4, 0.5) is 0 Å². The van der Waals surface area contributed by atoms with E-state index in [2.05, 4.69) is 28.6 Å². The zero-order valence-corrected chi connectivity index (χ0v) is 9.21. The Morgan fingerprint density at radius 2 is 2.36 bits per heavy atom. The van der Waals surface area contributed by atoms with Crippen molar-refractivity contribution >= 4 is 34.6 Å². The number of thiophene rings is 1. The molecule has 4 nitrogen and oxygen atoms in total. The highest BCUT2D eigenvalue weighted by Gasteiger charge is 2.18. The number of aliphatic imine (C=N–C) groups is 1. The molecule has 1 aromatic heterocycles. The van der Waals surface area contributed by atoms with Gasteiger partial charge in [-0.1, -0.05) is 0 Å². The Morgan fingerprint density at radius 1 is 1.57 bits per heavy atom. The lowest BCUT2D eigenvalue weighted by molar-refractivity contribution is 0.672. The van der Waals surface area contributed by atoms with E-state index in [1.54, 1.807) is 11.3 Å². The maximum atomic E-state index is 5.58. The highest BCUT2D eigenvalue weighted by atomic mass is 32.1. The molecular weight excluding hydrogens is 216 g/mol. The molecule has 0 saturated carbocycles. The van der Waals surface area contributed by atoms with Gasteiger partial charge in [0.1, 0.15) is 0 Å². The van der Waals surface area contributed by atoms with Crippen LogP contribution in [-0.2, 0) is 0 Å². The monoisotopic (exact) mass is 226 g/mol. The topological polar surface area (TPSA) is 62.4 Å². The number of rotatable bonds is 1. The number of thiocarbonyl (C=S) groups is 1. The van der Waals surface area contributed by atoms with Crippen LogP contribution >= 0.6 is 23.6 Å². The zero-order chi connectivity index (χ0) is 10.1. The van der Waals surface area contributed by atoms with Gasteiger partial charge in [0, 0.05) is 9.75 Å². The largest absolute Gasteiger partial charge is 0.370 e. The maximum absolute atomic E-state index is 5.58. The molecule has 1 atom stereocenters. The van der Waals surface area contributed by atoms with E-state index in [0.717, 1.165) is 4.88 Å². The number of hydrogen-bond acceptors (Lipinski definition) is 4. The van der Waals surface area contributed by atoms with E-state index in [9.17, 15) is 0 Å². The summed E-state index contributed by atoms with van der Waals surface area (Å²) in [5, 5.41) is 6.30. The van der Waals surface area contributed by atoms with Gasteiger partial charge < -0.3 is 16.4 Å². The predicted octanol–water partition coefficient (Wildman–Crippen LogP) is 0.848. The molecular formula is C8H10N4S2. The molecule has 0 aliphatic carbocycles. The smallest absolute Gasteiger partial charge is 0.197 e. The molecule has 14 heavy (non-hydrogen) atoms. The third kappa shape index (κ3) is 1.85. The first kappa shape index (κ1) is 9.42. The normalized spacial score (nSPS) is 21.1. The minimum absolute atomic E-state index is 0.137. The van der Waals surface area contributed by atoms with Crippen molar-refractivity contribution in [3.63, 3.8) is 0 Å². The molecule has 0 fully saturated rings. The van der Waals surface area contributed by atoms with Crippen LogP contribution in [0.1, 0.15) is 15.9 Å². The Kier molecular flexibility index (Phi) is 2.39. The van der Waals surface area contributed by atoms with Crippen LogP contribution in [-0.4, -0.2) is 11.1 Å². The summed E-state index contributed by atoms with van der Waals surface area (Å²) in [6, 6.07) is 4.08. The lowest BCUT2D eigenvalue weighted by Gasteiger charge is -2.21. The lowest BCUT2D eigenvalue weighted by Crippen LogP contribution is -2.49. The van der Waals surface area contributed by atoms with Gasteiger partial charge in [-0.3, -0.25) is 0 Å². The molecule has 1 aliphatic heterocycles. The van der Waals surface area contributed by atoms with E-state index in [4.69, 9.17) is 18.0 Å². The second-order valence-electron chi connectivity index (χ2n) is 2.96. The molecule has 0 aromatic carbocycles. The number of hydrogen-bond donors (Lipinski definition) is 3. The van der Waals surface area contributed by atoms with Crippen LogP contribution in [0.3, 0.4) is 0 Å². The van der Waals surface area contributed by atoms with Gasteiger partial charge >= 0.3 is 0 Å². The van der Waals surface area contributed by atoms with Gasteiger partial charge in [-0.05, 0) is 31.3 Å². The second-order valence-corrected chi connectivity index (χ2v) is 4.69. The van der Waals surface area contributed by atoms with Crippen molar-refractivity contribution < 1.29 is 0 Å². The third-order valence-electron chi connectivity index (χ3n) is 1.81. The summed E-state index contributed by atoms with van der Waals surface area (Å²) >= 11 is 6.67. The van der Waals surface area contributed by atoms with E-state index < -0.39 is 0 Å². The van der Waals surface area contributed by atoms with Crippen LogP contribution in [0.5, 0.6) is 0 Å². The van der Waals surface area contributed by atoms with Crippen molar-refractivity contribution in [2.45, 2.75) is 13.1 Å². The highest BCUT2D eigenvalue weighted by molar-refractivity contribution is 7.80. The molecule has 1 unspecified atom stereocenters. The van der Waals surface area contributed by atoms with Gasteiger partial charge in [-0.15, -0.1) is 11.3 Å². The fourth-order valence-corrected chi connectivity index (χ4v) is 2.30. The number of aryl methyl sites for hydroxylation is 1. The number of nitrogens with one attached hydrogen (secondary N) is 2. The summed E-state index contributed by atoms with van der Waals surface area (Å²) < 4.78 is 0. The standard InChI is InChI=1S/C8H10N4S2/c1-4-2-3-5(14-4)6-10-7(9)12-8(13)11-6/h2-3,6H,1H3,(H4,9,10,11,12,13). The van der Waals surface area contributed by atoms with Crippen LogP contribution in [0, 0.1) is 6.92 Å². The van der Waals surface area contributed by atoms with Crippen molar-refractivity contribution in [1.29, 1.82) is 0 Å². The summed E-state index contributed by atoms with van der Waals surface area (Å²) in [6.07, 6.45) is -0.137. The van der Waals surface area contributed by atoms with Gasteiger partial charge in [0.05, 0.1) is 0 Å². The molecule has 4 N–H and O–H groups in total. The molecule has 0 radical (unpaired) electrons.